The van der Waals surface area contributed by atoms with Gasteiger partial charge in [-0.05, 0) is 0 Å². The summed E-state index contributed by atoms with van der Waals surface area (Å²) in [5.74, 6) is -80.8. The molecule has 2 rings (SSSR count). The van der Waals surface area contributed by atoms with Crippen LogP contribution < -0.4 is 0 Å². The predicted octanol–water partition coefficient (Wildman–Crippen LogP) is 12.1. The highest BCUT2D eigenvalue weighted by atomic mass is 19.4. The van der Waals surface area contributed by atoms with Crippen molar-refractivity contribution in [2.45, 2.75) is 96.7 Å². The van der Waals surface area contributed by atoms with E-state index in [2.05, 4.69) is 0 Å². The number of amides is 2. The number of rotatable bonds is 21. The molecule has 1 atom stereocenters. The second-order valence-corrected chi connectivity index (χ2v) is 12.6. The van der Waals surface area contributed by atoms with Crippen molar-refractivity contribution in [1.29, 1.82) is 0 Å². The molecule has 1 unspecified atom stereocenters. The first-order valence-electron chi connectivity index (χ1n) is 15.5. The van der Waals surface area contributed by atoms with Gasteiger partial charge in [0.05, 0.1) is 5.56 Å². The molecule has 0 saturated heterocycles. The summed E-state index contributed by atoms with van der Waals surface area (Å²) in [7, 11) is 0. The fourth-order valence-corrected chi connectivity index (χ4v) is 4.19. The van der Waals surface area contributed by atoms with Crippen LogP contribution >= 0.6 is 0 Å². The van der Waals surface area contributed by atoms with E-state index in [0.717, 1.165) is 18.9 Å². The molecule has 1 aliphatic heterocycles. The summed E-state index contributed by atoms with van der Waals surface area (Å²) < 4.78 is 542. The quantitative estimate of drug-likeness (QED) is 0.0399. The first-order chi connectivity index (χ1) is 31.5. The van der Waals surface area contributed by atoms with E-state index < -0.39 is 160 Å². The van der Waals surface area contributed by atoms with Crippen molar-refractivity contribution < 1.29 is 204 Å². The number of alkyl halides is 32. The van der Waals surface area contributed by atoms with Gasteiger partial charge in [0.2, 0.25) is 17.5 Å². The number of hydrogen-bond donors (Lipinski definition) is 0. The van der Waals surface area contributed by atoms with Gasteiger partial charge in [-0.25, -0.2) is 54.9 Å². The van der Waals surface area contributed by atoms with Crippen LogP contribution in [0.5, 0.6) is 0 Å². The third kappa shape index (κ3) is 9.74. The Morgan fingerprint density at radius 1 is 0.260 bits per heavy atom. The van der Waals surface area contributed by atoms with Crippen LogP contribution in [0.25, 0.3) is 0 Å². The third-order valence-electron chi connectivity index (χ3n) is 7.75. The Balaban J connectivity index is 2.66. The molecular formula is C26F39NO7. The molecule has 2 amide bonds. The molecule has 0 aromatic heterocycles. The standard InChI is InChI=1S/C26F39NO7/c27-2-1(3(28)5(30)6(31)4(2)29)11(34,66-9(67)7(32)8(33)10(66)68)17(46,47)69-18(48,49)13(37,38)12(35,36)14(39,40)19(50,51)70-21(54,55)23(58,59)72-25(62,63)26(64,65)73-24(60,61)22(56,57)71-20(52,53)15(41,42)16(43,44)45. The van der Waals surface area contributed by atoms with Crippen molar-refractivity contribution in [3.05, 3.63) is 46.3 Å². The van der Waals surface area contributed by atoms with Gasteiger partial charge in [-0.3, -0.25) is 9.59 Å². The van der Waals surface area contributed by atoms with Crippen LogP contribution in [0.3, 0.4) is 0 Å². The van der Waals surface area contributed by atoms with Crippen molar-refractivity contribution in [1.82, 2.24) is 4.90 Å². The maximum atomic E-state index is 16.1. The average Bonchev–Trinajstić information content (AvgIpc) is 3.34. The molecule has 0 fully saturated rings. The summed E-state index contributed by atoms with van der Waals surface area (Å²) in [4.78, 5) is 20.6. The Labute approximate surface area is 365 Å². The second kappa shape index (κ2) is 17.6. The number of carbonyl (C=O) groups is 2. The summed E-state index contributed by atoms with van der Waals surface area (Å²) in [5.41, 5.74) is -4.56. The molecule has 1 aliphatic rings. The second-order valence-electron chi connectivity index (χ2n) is 12.6. The van der Waals surface area contributed by atoms with E-state index in [1.54, 1.807) is 0 Å². The van der Waals surface area contributed by atoms with Crippen LogP contribution in [0.1, 0.15) is 5.56 Å². The number of halogens is 39. The van der Waals surface area contributed by atoms with Crippen molar-refractivity contribution in [3.63, 3.8) is 0 Å². The first kappa shape index (κ1) is 64.3. The largest absolute Gasteiger partial charge is 0.462 e. The Morgan fingerprint density at radius 2 is 0.466 bits per heavy atom. The van der Waals surface area contributed by atoms with E-state index in [1.165, 1.54) is 4.74 Å². The Morgan fingerprint density at radius 3 is 0.712 bits per heavy atom. The highest BCUT2D eigenvalue weighted by molar-refractivity contribution is 6.17. The lowest BCUT2D eigenvalue weighted by atomic mass is 9.98. The first-order valence-corrected chi connectivity index (χ1v) is 15.5. The fraction of sp³-hybridized carbons (Fsp3) is 0.615. The summed E-state index contributed by atoms with van der Waals surface area (Å²) in [6.07, 6.45) is -95.3. The molecule has 0 spiro atoms. The molecule has 47 heteroatoms. The SMILES string of the molecule is O=C1C(F)=C(F)C(=O)N1C(F)(c1c(F)c(F)c(F)c(F)c1F)C(F)(F)OC(F)(F)C(F)(F)C(F)(F)C(F)(F)C(F)(F)OC(F)(F)C(F)(F)OC(F)(F)C(F)(F)OC(F)(F)C(F)(F)OC(F)(F)C(F)(F)C(F)(F)F. The number of hydrogen-bond acceptors (Lipinski definition) is 7. The normalized spacial score (nSPS) is 17.6. The maximum absolute atomic E-state index is 16.1. The van der Waals surface area contributed by atoms with Gasteiger partial charge >= 0.3 is 96.7 Å². The molecule has 1 heterocycles. The lowest BCUT2D eigenvalue weighted by Crippen LogP contribution is -2.71. The monoisotopic (exact) mass is 1180 g/mol. The molecule has 73 heavy (non-hydrogen) atoms. The van der Waals surface area contributed by atoms with Gasteiger partial charge in [-0.1, -0.05) is 0 Å². The van der Waals surface area contributed by atoms with E-state index in [9.17, 15) is 168 Å². The number of benzene rings is 1. The minimum absolute atomic E-state index is 0.765. The average molecular weight is 1180 g/mol. The zero-order valence-corrected chi connectivity index (χ0v) is 31.0. The Bertz CT molecular complexity index is 2300. The summed E-state index contributed by atoms with van der Waals surface area (Å²) >= 11 is 0. The van der Waals surface area contributed by atoms with Crippen LogP contribution in [-0.4, -0.2) is 108 Å². The third-order valence-corrected chi connectivity index (χ3v) is 7.75. The highest BCUT2D eigenvalue weighted by Crippen LogP contribution is 2.62. The van der Waals surface area contributed by atoms with Gasteiger partial charge in [0, 0.05) is 0 Å². The molecule has 0 aliphatic carbocycles. The fourth-order valence-electron chi connectivity index (χ4n) is 4.19. The van der Waals surface area contributed by atoms with Gasteiger partial charge in [-0.15, -0.1) is 0 Å². The number of nitrogens with zero attached hydrogens (tertiary/aromatic N) is 1. The molecule has 8 nitrogen and oxygen atoms in total. The van der Waals surface area contributed by atoms with Crippen molar-refractivity contribution in [3.8, 4) is 0 Å². The topological polar surface area (TPSA) is 83.5 Å². The van der Waals surface area contributed by atoms with Gasteiger partial charge in [0.15, 0.2) is 23.3 Å². The van der Waals surface area contributed by atoms with Crippen LogP contribution in [0.2, 0.25) is 0 Å². The van der Waals surface area contributed by atoms with Crippen molar-refractivity contribution >= 4 is 11.8 Å². The van der Waals surface area contributed by atoms with Crippen LogP contribution in [0.4, 0.5) is 171 Å². The molecule has 0 bridgehead atoms. The molecule has 1 aromatic carbocycles. The minimum atomic E-state index is -9.71. The van der Waals surface area contributed by atoms with E-state index in [1.807, 2.05) is 0 Å². The highest BCUT2D eigenvalue weighted by Gasteiger charge is 2.91. The smallest absolute Gasteiger partial charge is 0.266 e. The van der Waals surface area contributed by atoms with Gasteiger partial charge < -0.3 is 0 Å². The van der Waals surface area contributed by atoms with Crippen molar-refractivity contribution in [2.75, 3.05) is 0 Å². The molecular weight excluding hydrogens is 1180 g/mol. The summed E-state index contributed by atoms with van der Waals surface area (Å²) in [5, 5.41) is 0. The van der Waals surface area contributed by atoms with E-state index in [-0.39, 0.29) is 0 Å². The molecule has 0 N–H and O–H groups in total. The van der Waals surface area contributed by atoms with E-state index in [0.29, 0.717) is 0 Å². The predicted molar refractivity (Wildman–Crippen MR) is 131 cm³/mol. The lowest BCUT2D eigenvalue weighted by Gasteiger charge is -2.43. The lowest BCUT2D eigenvalue weighted by molar-refractivity contribution is -0.588. The summed E-state index contributed by atoms with van der Waals surface area (Å²) in [6.45, 7) is 0. The van der Waals surface area contributed by atoms with Crippen LogP contribution in [0, 0.1) is 29.1 Å². The molecule has 0 radical (unpaired) electrons. The van der Waals surface area contributed by atoms with E-state index >= 15 is 13.2 Å². The zero-order valence-electron chi connectivity index (χ0n) is 31.0. The minimum Gasteiger partial charge on any atom is -0.266 e. The van der Waals surface area contributed by atoms with E-state index in [4.69, 9.17) is 0 Å². The number of ether oxygens (including phenoxy) is 5. The van der Waals surface area contributed by atoms with Gasteiger partial charge in [0.25, 0.3) is 11.8 Å². The number of carbonyl (C=O) groups excluding carboxylic acids is 2. The Hall–Kier alpha value is -4.83. The van der Waals surface area contributed by atoms with Crippen LogP contribution in [-0.2, 0) is 39.1 Å². The Kier molecular flexibility index (Phi) is 15.5. The molecule has 1 aromatic rings. The van der Waals surface area contributed by atoms with Crippen LogP contribution in [0.15, 0.2) is 11.7 Å². The zero-order chi connectivity index (χ0) is 58.9. The molecule has 0 saturated carbocycles. The van der Waals surface area contributed by atoms with Gasteiger partial charge in [0.1, 0.15) is 0 Å². The van der Waals surface area contributed by atoms with Crippen molar-refractivity contribution in [2.24, 2.45) is 0 Å². The summed E-state index contributed by atoms with van der Waals surface area (Å²) in [6, 6.07) is 0. The van der Waals surface area contributed by atoms with Gasteiger partial charge in [-0.2, -0.15) is 145 Å². The number of imide groups is 1. The molecule has 424 valence electrons. The maximum Gasteiger partial charge on any atom is 0.462 e.